The van der Waals surface area contributed by atoms with Crippen LogP contribution in [0.2, 0.25) is 0 Å². The predicted octanol–water partition coefficient (Wildman–Crippen LogP) is 1.52. The van der Waals surface area contributed by atoms with Crippen molar-refractivity contribution in [2.24, 2.45) is 7.05 Å². The summed E-state index contributed by atoms with van der Waals surface area (Å²) in [6, 6.07) is -0.00174. The Morgan fingerprint density at radius 2 is 2.14 bits per heavy atom. The van der Waals surface area contributed by atoms with Crippen molar-refractivity contribution in [3.05, 3.63) is 24.8 Å². The van der Waals surface area contributed by atoms with Crippen molar-refractivity contribution in [3.8, 4) is 0 Å². The van der Waals surface area contributed by atoms with Gasteiger partial charge in [0.2, 0.25) is 10.0 Å². The molecule has 1 fully saturated rings. The topological polar surface area (TPSA) is 92.7 Å². The monoisotopic (exact) mass is 341 g/mol. The first-order chi connectivity index (χ1) is 10.5. The number of rotatable bonds is 5. The minimum Gasteiger partial charge on any atom is -0.329 e. The number of aryl methyl sites for hydroxylation is 1. The summed E-state index contributed by atoms with van der Waals surface area (Å²) in [7, 11) is -1.47. The van der Waals surface area contributed by atoms with Gasteiger partial charge in [0.15, 0.2) is 5.16 Å². The smallest absolute Gasteiger partial charge is 0.243 e. The van der Waals surface area contributed by atoms with E-state index in [4.69, 9.17) is 0 Å². The third-order valence-corrected chi connectivity index (χ3v) is 6.72. The molecule has 2 aromatic rings. The molecule has 9 heteroatoms. The predicted molar refractivity (Wildman–Crippen MR) is 84.0 cm³/mol. The van der Waals surface area contributed by atoms with Crippen LogP contribution in [0.5, 0.6) is 0 Å². The molecule has 7 nitrogen and oxygen atoms in total. The van der Waals surface area contributed by atoms with Gasteiger partial charge < -0.3 is 4.57 Å². The number of H-pyrrole nitrogens is 1. The summed E-state index contributed by atoms with van der Waals surface area (Å²) in [5.41, 5.74) is 0. The van der Waals surface area contributed by atoms with Gasteiger partial charge in [-0.15, -0.1) is 0 Å². The van der Waals surface area contributed by atoms with E-state index in [1.165, 1.54) is 12.4 Å². The average Bonchev–Trinajstić information content (AvgIpc) is 3.14. The first kappa shape index (κ1) is 15.6. The zero-order valence-electron chi connectivity index (χ0n) is 12.3. The lowest BCUT2D eigenvalue weighted by molar-refractivity contribution is 0.419. The summed E-state index contributed by atoms with van der Waals surface area (Å²) in [6.07, 6.45) is 10.1. The molecule has 0 unspecified atom stereocenters. The van der Waals surface area contributed by atoms with Crippen molar-refractivity contribution in [2.75, 3.05) is 0 Å². The zero-order chi connectivity index (χ0) is 15.6. The van der Waals surface area contributed by atoms with Crippen molar-refractivity contribution in [1.82, 2.24) is 24.5 Å². The van der Waals surface area contributed by atoms with Crippen LogP contribution in [0.4, 0.5) is 0 Å². The Balaban J connectivity index is 1.53. The number of sulfonamides is 1. The van der Waals surface area contributed by atoms with Gasteiger partial charge in [-0.3, -0.25) is 5.10 Å². The van der Waals surface area contributed by atoms with E-state index < -0.39 is 10.0 Å². The van der Waals surface area contributed by atoms with E-state index in [-0.39, 0.29) is 10.9 Å². The number of nitrogens with zero attached hydrogens (tertiary/aromatic N) is 3. The van der Waals surface area contributed by atoms with Crippen LogP contribution in [-0.2, 0) is 17.1 Å². The quantitative estimate of drug-likeness (QED) is 0.860. The van der Waals surface area contributed by atoms with Gasteiger partial charge in [0.25, 0.3) is 0 Å². The molecule has 0 aromatic carbocycles. The van der Waals surface area contributed by atoms with E-state index in [1.807, 2.05) is 17.8 Å². The number of imidazole rings is 1. The maximum atomic E-state index is 12.2. The maximum Gasteiger partial charge on any atom is 0.243 e. The Morgan fingerprint density at radius 1 is 1.36 bits per heavy atom. The van der Waals surface area contributed by atoms with Crippen molar-refractivity contribution in [3.63, 3.8) is 0 Å². The van der Waals surface area contributed by atoms with Crippen molar-refractivity contribution >= 4 is 21.8 Å². The molecule has 0 bridgehead atoms. The summed E-state index contributed by atoms with van der Waals surface area (Å²) >= 11 is 1.78. The Hall–Kier alpha value is -1.32. The fourth-order valence-corrected chi connectivity index (χ4v) is 4.95. The fourth-order valence-electron chi connectivity index (χ4n) is 2.59. The summed E-state index contributed by atoms with van der Waals surface area (Å²) in [4.78, 5) is 4.52. The first-order valence-corrected chi connectivity index (χ1v) is 9.56. The van der Waals surface area contributed by atoms with Crippen LogP contribution < -0.4 is 4.72 Å². The van der Waals surface area contributed by atoms with Crippen LogP contribution in [0.3, 0.4) is 0 Å². The number of nitrogens with one attached hydrogen (secondary N) is 2. The molecule has 0 spiro atoms. The molecule has 2 heterocycles. The van der Waals surface area contributed by atoms with Gasteiger partial charge in [0.1, 0.15) is 4.90 Å². The molecule has 1 saturated carbocycles. The van der Waals surface area contributed by atoms with Crippen LogP contribution in [0, 0.1) is 0 Å². The normalized spacial score (nSPS) is 22.8. The van der Waals surface area contributed by atoms with Crippen LogP contribution in [0.1, 0.15) is 25.7 Å². The number of hydrogen-bond donors (Lipinski definition) is 2. The minimum atomic E-state index is -3.46. The molecule has 2 N–H and O–H groups in total. The van der Waals surface area contributed by atoms with E-state index in [0.717, 1.165) is 30.8 Å². The molecule has 0 amide bonds. The second kappa shape index (κ2) is 6.43. The highest BCUT2D eigenvalue weighted by atomic mass is 32.2. The van der Waals surface area contributed by atoms with E-state index in [9.17, 15) is 8.42 Å². The highest BCUT2D eigenvalue weighted by Crippen LogP contribution is 2.33. The zero-order valence-corrected chi connectivity index (χ0v) is 13.9. The third kappa shape index (κ3) is 3.53. The molecule has 1 aliphatic rings. The van der Waals surface area contributed by atoms with Crippen molar-refractivity contribution < 1.29 is 8.42 Å². The molecule has 3 rings (SSSR count). The summed E-state index contributed by atoms with van der Waals surface area (Å²) in [6.45, 7) is 0. The number of aromatic amines is 1. The molecule has 1 aliphatic carbocycles. The van der Waals surface area contributed by atoms with Gasteiger partial charge in [0, 0.05) is 36.9 Å². The van der Waals surface area contributed by atoms with E-state index in [2.05, 4.69) is 19.9 Å². The van der Waals surface area contributed by atoms with Crippen molar-refractivity contribution in [2.45, 2.75) is 47.0 Å². The number of thioether (sulfide) groups is 1. The number of hydrogen-bond acceptors (Lipinski definition) is 5. The number of aromatic nitrogens is 4. The maximum absolute atomic E-state index is 12.2. The fraction of sp³-hybridized carbons (Fsp3) is 0.538. The average molecular weight is 341 g/mol. The van der Waals surface area contributed by atoms with Crippen LogP contribution in [0.15, 0.2) is 34.8 Å². The molecule has 0 atom stereocenters. The van der Waals surface area contributed by atoms with E-state index in [0.29, 0.717) is 5.25 Å². The third-order valence-electron chi connectivity index (χ3n) is 3.83. The highest BCUT2D eigenvalue weighted by molar-refractivity contribution is 7.99. The Morgan fingerprint density at radius 3 is 2.73 bits per heavy atom. The molecular formula is C13H19N5O2S2. The summed E-state index contributed by atoms with van der Waals surface area (Å²) in [5, 5.41) is 7.73. The van der Waals surface area contributed by atoms with Gasteiger partial charge >= 0.3 is 0 Å². The molecule has 0 aliphatic heterocycles. The van der Waals surface area contributed by atoms with Gasteiger partial charge in [0.05, 0.1) is 6.20 Å². The molecule has 120 valence electrons. The Kier molecular flexibility index (Phi) is 4.55. The minimum absolute atomic E-state index is 0.00174. The highest BCUT2D eigenvalue weighted by Gasteiger charge is 2.27. The van der Waals surface area contributed by atoms with Gasteiger partial charge in [-0.2, -0.15) is 5.10 Å². The van der Waals surface area contributed by atoms with Gasteiger partial charge in [-0.25, -0.2) is 18.1 Å². The second-order valence-corrected chi connectivity index (χ2v) is 8.45. The lowest BCUT2D eigenvalue weighted by Gasteiger charge is -2.28. The van der Waals surface area contributed by atoms with Crippen LogP contribution in [0.25, 0.3) is 0 Å². The van der Waals surface area contributed by atoms with Crippen LogP contribution in [-0.4, -0.2) is 39.5 Å². The molecule has 0 saturated heterocycles. The van der Waals surface area contributed by atoms with Crippen LogP contribution >= 0.6 is 11.8 Å². The Labute approximate surface area is 134 Å². The second-order valence-electron chi connectivity index (χ2n) is 5.47. The summed E-state index contributed by atoms with van der Waals surface area (Å²) < 4.78 is 29.1. The van der Waals surface area contributed by atoms with E-state index in [1.54, 1.807) is 18.0 Å². The first-order valence-electron chi connectivity index (χ1n) is 7.20. The van der Waals surface area contributed by atoms with Crippen molar-refractivity contribution in [1.29, 1.82) is 0 Å². The van der Waals surface area contributed by atoms with Gasteiger partial charge in [-0.1, -0.05) is 11.8 Å². The lowest BCUT2D eigenvalue weighted by Crippen LogP contribution is -2.38. The standard InChI is InChI=1S/C13H19N5O2S2/c1-18-7-6-14-13(18)21-11-4-2-10(3-5-11)17-22(19,20)12-8-15-16-9-12/h6-11,17H,2-5H2,1H3,(H,15,16). The SMILES string of the molecule is Cn1ccnc1SC1CCC(NS(=O)(=O)c2cn[nH]c2)CC1. The van der Waals surface area contributed by atoms with Gasteiger partial charge in [-0.05, 0) is 25.7 Å². The molecule has 2 aromatic heterocycles. The largest absolute Gasteiger partial charge is 0.329 e. The molecule has 22 heavy (non-hydrogen) atoms. The molecule has 0 radical (unpaired) electrons. The van der Waals surface area contributed by atoms with E-state index >= 15 is 0 Å². The lowest BCUT2D eigenvalue weighted by atomic mass is 9.96. The molecular weight excluding hydrogens is 322 g/mol. The summed E-state index contributed by atoms with van der Waals surface area (Å²) in [5.74, 6) is 0. The Bertz CT molecular complexity index is 703.